The number of carbonyl (C=O) groups excluding carboxylic acids is 1. The summed E-state index contributed by atoms with van der Waals surface area (Å²) in [5, 5.41) is 0.755. The molecule has 5 heteroatoms. The molecule has 0 bridgehead atoms. The average Bonchev–Trinajstić information content (AvgIpc) is 2.50. The van der Waals surface area contributed by atoms with Crippen molar-refractivity contribution in [2.24, 2.45) is 0 Å². The molecule has 2 rings (SSSR count). The van der Waals surface area contributed by atoms with Gasteiger partial charge in [0.25, 0.3) is 0 Å². The molecule has 1 aromatic carbocycles. The molecule has 1 heterocycles. The van der Waals surface area contributed by atoms with Crippen LogP contribution in [0.5, 0.6) is 0 Å². The number of esters is 1. The number of rotatable bonds is 5. The topological polar surface area (TPSA) is 32.8 Å². The number of ether oxygens (including phenoxy) is 1. The number of anilines is 1. The second kappa shape index (κ2) is 7.66. The smallest absolute Gasteiger partial charge is 0.323 e. The van der Waals surface area contributed by atoms with Crippen LogP contribution < -0.4 is 4.90 Å². The molecule has 1 aliphatic heterocycles. The van der Waals surface area contributed by atoms with Gasteiger partial charge in [-0.1, -0.05) is 18.5 Å². The van der Waals surface area contributed by atoms with E-state index in [0.29, 0.717) is 6.61 Å². The van der Waals surface area contributed by atoms with Crippen LogP contribution in [0.1, 0.15) is 20.3 Å². The quantitative estimate of drug-likeness (QED) is 0.783. The van der Waals surface area contributed by atoms with Gasteiger partial charge in [-0.2, -0.15) is 0 Å². The lowest BCUT2D eigenvalue weighted by molar-refractivity contribution is -0.149. The largest absolute Gasteiger partial charge is 0.465 e. The Hall–Kier alpha value is -1.26. The minimum atomic E-state index is -0.114. The van der Waals surface area contributed by atoms with Gasteiger partial charge in [0.2, 0.25) is 0 Å². The lowest BCUT2D eigenvalue weighted by Crippen LogP contribution is -2.53. The maximum atomic E-state index is 12.0. The third-order valence-electron chi connectivity index (χ3n) is 3.89. The molecule has 0 amide bonds. The van der Waals surface area contributed by atoms with E-state index in [1.54, 1.807) is 0 Å². The fourth-order valence-corrected chi connectivity index (χ4v) is 2.88. The van der Waals surface area contributed by atoms with Gasteiger partial charge in [0.05, 0.1) is 6.61 Å². The standard InChI is InChI=1S/C16H23ClN2O2/c1-3-15(16(20)21-4-2)19-11-9-18(10-12-19)14-7-5-13(17)6-8-14/h5-8,15H,3-4,9-12H2,1-2H3. The molecule has 0 aromatic heterocycles. The number of hydrogen-bond donors (Lipinski definition) is 0. The van der Waals surface area contributed by atoms with E-state index in [2.05, 4.69) is 9.80 Å². The van der Waals surface area contributed by atoms with Crippen molar-refractivity contribution in [2.75, 3.05) is 37.7 Å². The Labute approximate surface area is 131 Å². The molecule has 0 saturated carbocycles. The van der Waals surface area contributed by atoms with Gasteiger partial charge in [-0.05, 0) is 37.6 Å². The van der Waals surface area contributed by atoms with Gasteiger partial charge in [0.1, 0.15) is 6.04 Å². The Kier molecular flexibility index (Phi) is 5.88. The molecule has 1 aromatic rings. The van der Waals surface area contributed by atoms with Crippen LogP contribution in [0.15, 0.2) is 24.3 Å². The lowest BCUT2D eigenvalue weighted by Gasteiger charge is -2.39. The molecule has 21 heavy (non-hydrogen) atoms. The summed E-state index contributed by atoms with van der Waals surface area (Å²) in [6.07, 6.45) is 0.791. The van der Waals surface area contributed by atoms with Crippen molar-refractivity contribution in [2.45, 2.75) is 26.3 Å². The van der Waals surface area contributed by atoms with Crippen LogP contribution in [0.3, 0.4) is 0 Å². The molecule has 1 fully saturated rings. The van der Waals surface area contributed by atoms with Gasteiger partial charge < -0.3 is 9.64 Å². The first-order valence-electron chi connectivity index (χ1n) is 7.57. The maximum absolute atomic E-state index is 12.0. The van der Waals surface area contributed by atoms with Gasteiger partial charge >= 0.3 is 5.97 Å². The predicted molar refractivity (Wildman–Crippen MR) is 86.0 cm³/mol. The third-order valence-corrected chi connectivity index (χ3v) is 4.14. The van der Waals surface area contributed by atoms with Crippen molar-refractivity contribution in [3.63, 3.8) is 0 Å². The zero-order chi connectivity index (χ0) is 15.2. The Balaban J connectivity index is 1.92. The summed E-state index contributed by atoms with van der Waals surface area (Å²) in [5.74, 6) is -0.0973. The number of piperazine rings is 1. The molecule has 0 spiro atoms. The van der Waals surface area contributed by atoms with Crippen LogP contribution in [0.25, 0.3) is 0 Å². The van der Waals surface area contributed by atoms with Crippen LogP contribution in [-0.4, -0.2) is 49.7 Å². The number of carbonyl (C=O) groups is 1. The summed E-state index contributed by atoms with van der Waals surface area (Å²) in [5.41, 5.74) is 1.18. The molecule has 0 aliphatic carbocycles. The van der Waals surface area contributed by atoms with E-state index in [0.717, 1.165) is 37.6 Å². The van der Waals surface area contributed by atoms with Crippen molar-refractivity contribution in [3.8, 4) is 0 Å². The Morgan fingerprint density at radius 2 is 1.81 bits per heavy atom. The lowest BCUT2D eigenvalue weighted by atomic mass is 10.1. The molecular formula is C16H23ClN2O2. The number of halogens is 1. The first kappa shape index (κ1) is 16.1. The van der Waals surface area contributed by atoms with E-state index in [4.69, 9.17) is 16.3 Å². The van der Waals surface area contributed by atoms with Crippen molar-refractivity contribution in [3.05, 3.63) is 29.3 Å². The molecule has 0 N–H and O–H groups in total. The number of hydrogen-bond acceptors (Lipinski definition) is 4. The third kappa shape index (κ3) is 4.11. The summed E-state index contributed by atoms with van der Waals surface area (Å²) in [6, 6.07) is 7.80. The summed E-state index contributed by atoms with van der Waals surface area (Å²) in [7, 11) is 0. The zero-order valence-corrected chi connectivity index (χ0v) is 13.5. The van der Waals surface area contributed by atoms with E-state index < -0.39 is 0 Å². The van der Waals surface area contributed by atoms with Gasteiger partial charge in [0.15, 0.2) is 0 Å². The highest BCUT2D eigenvalue weighted by Gasteiger charge is 2.28. The normalized spacial score (nSPS) is 17.6. The molecule has 0 radical (unpaired) electrons. The Morgan fingerprint density at radius 1 is 1.19 bits per heavy atom. The zero-order valence-electron chi connectivity index (χ0n) is 12.7. The van der Waals surface area contributed by atoms with E-state index in [1.165, 1.54) is 5.69 Å². The van der Waals surface area contributed by atoms with Crippen molar-refractivity contribution >= 4 is 23.3 Å². The van der Waals surface area contributed by atoms with Gasteiger partial charge in [0, 0.05) is 36.9 Å². The Bertz CT molecular complexity index is 456. The highest BCUT2D eigenvalue weighted by molar-refractivity contribution is 6.30. The Morgan fingerprint density at radius 3 is 2.33 bits per heavy atom. The van der Waals surface area contributed by atoms with Crippen LogP contribution >= 0.6 is 11.6 Å². The SMILES string of the molecule is CCOC(=O)C(CC)N1CCN(c2ccc(Cl)cc2)CC1. The minimum Gasteiger partial charge on any atom is -0.465 e. The minimum absolute atomic E-state index is 0.0973. The monoisotopic (exact) mass is 310 g/mol. The first-order chi connectivity index (χ1) is 10.2. The fourth-order valence-electron chi connectivity index (χ4n) is 2.76. The van der Waals surface area contributed by atoms with Gasteiger partial charge in [-0.3, -0.25) is 9.69 Å². The summed E-state index contributed by atoms with van der Waals surface area (Å²) in [6.45, 7) is 7.91. The molecule has 1 atom stereocenters. The molecule has 1 saturated heterocycles. The van der Waals surface area contributed by atoms with E-state index in [9.17, 15) is 4.79 Å². The second-order valence-electron chi connectivity index (χ2n) is 5.18. The maximum Gasteiger partial charge on any atom is 0.323 e. The molecule has 1 aliphatic rings. The van der Waals surface area contributed by atoms with Crippen LogP contribution in [-0.2, 0) is 9.53 Å². The van der Waals surface area contributed by atoms with Crippen molar-refractivity contribution in [1.29, 1.82) is 0 Å². The van der Waals surface area contributed by atoms with E-state index >= 15 is 0 Å². The molecule has 4 nitrogen and oxygen atoms in total. The summed E-state index contributed by atoms with van der Waals surface area (Å²) >= 11 is 5.92. The van der Waals surface area contributed by atoms with Crippen molar-refractivity contribution < 1.29 is 9.53 Å². The van der Waals surface area contributed by atoms with Crippen LogP contribution in [0.4, 0.5) is 5.69 Å². The predicted octanol–water partition coefficient (Wildman–Crippen LogP) is 2.80. The fraction of sp³-hybridized carbons (Fsp3) is 0.562. The first-order valence-corrected chi connectivity index (χ1v) is 7.94. The second-order valence-corrected chi connectivity index (χ2v) is 5.61. The van der Waals surface area contributed by atoms with Crippen LogP contribution in [0, 0.1) is 0 Å². The average molecular weight is 311 g/mol. The summed E-state index contributed by atoms with van der Waals surface area (Å²) in [4.78, 5) is 16.5. The highest BCUT2D eigenvalue weighted by Crippen LogP contribution is 2.20. The van der Waals surface area contributed by atoms with E-state index in [1.807, 2.05) is 38.1 Å². The number of benzene rings is 1. The van der Waals surface area contributed by atoms with Gasteiger partial charge in [-0.15, -0.1) is 0 Å². The molecular weight excluding hydrogens is 288 g/mol. The van der Waals surface area contributed by atoms with Gasteiger partial charge in [-0.25, -0.2) is 0 Å². The van der Waals surface area contributed by atoms with E-state index in [-0.39, 0.29) is 12.0 Å². The molecule has 116 valence electrons. The molecule has 1 unspecified atom stereocenters. The van der Waals surface area contributed by atoms with Crippen LogP contribution in [0.2, 0.25) is 5.02 Å². The van der Waals surface area contributed by atoms with Crippen molar-refractivity contribution in [1.82, 2.24) is 4.90 Å². The number of nitrogens with zero attached hydrogens (tertiary/aromatic N) is 2. The summed E-state index contributed by atoms with van der Waals surface area (Å²) < 4.78 is 5.16. The highest BCUT2D eigenvalue weighted by atomic mass is 35.5.